The maximum Gasteiger partial charge on any atom is 0.225 e. The van der Waals surface area contributed by atoms with Crippen molar-refractivity contribution < 1.29 is 9.18 Å². The van der Waals surface area contributed by atoms with Gasteiger partial charge in [0, 0.05) is 6.54 Å². The van der Waals surface area contributed by atoms with Crippen LogP contribution in [0.5, 0.6) is 0 Å². The summed E-state index contributed by atoms with van der Waals surface area (Å²) >= 11 is 0. The molecule has 0 bridgehead atoms. The van der Waals surface area contributed by atoms with Crippen LogP contribution in [0.3, 0.4) is 0 Å². The molecule has 1 heterocycles. The first kappa shape index (κ1) is 13.6. The molecule has 0 radical (unpaired) electrons. The molecule has 1 aliphatic carbocycles. The van der Waals surface area contributed by atoms with Crippen LogP contribution in [0.25, 0.3) is 0 Å². The molecule has 0 spiro atoms. The number of rotatable bonds is 3. The molecule has 3 nitrogen and oxygen atoms in total. The molecule has 1 saturated carbocycles. The Morgan fingerprint density at radius 1 is 1.25 bits per heavy atom. The number of benzene rings is 1. The summed E-state index contributed by atoms with van der Waals surface area (Å²) in [5, 5.41) is 6.50. The van der Waals surface area contributed by atoms with Gasteiger partial charge in [-0.05, 0) is 43.5 Å². The molecule has 0 aromatic heterocycles. The van der Waals surface area contributed by atoms with Gasteiger partial charge in [0.05, 0.1) is 11.5 Å². The van der Waals surface area contributed by atoms with E-state index < -0.39 is 0 Å². The van der Waals surface area contributed by atoms with Crippen molar-refractivity contribution in [2.75, 3.05) is 13.1 Å². The zero-order chi connectivity index (χ0) is 14.0. The van der Waals surface area contributed by atoms with Crippen molar-refractivity contribution in [2.45, 2.75) is 37.6 Å². The summed E-state index contributed by atoms with van der Waals surface area (Å²) < 4.78 is 13.1. The minimum Gasteiger partial charge on any atom is -0.346 e. The number of amides is 1. The lowest BCUT2D eigenvalue weighted by atomic mass is 9.87. The largest absolute Gasteiger partial charge is 0.346 e. The molecule has 1 amide bonds. The molecule has 1 atom stereocenters. The Bertz CT molecular complexity index is 474. The Balaban J connectivity index is 1.80. The highest BCUT2D eigenvalue weighted by molar-refractivity contribution is 5.80. The quantitative estimate of drug-likeness (QED) is 0.889. The number of carbonyl (C=O) groups is 1. The molecule has 3 rings (SSSR count). The SMILES string of the molecule is O=C(NC1(c2ccc(F)cc2)CCCC1)C1CCNC1. The van der Waals surface area contributed by atoms with Crippen molar-refractivity contribution in [1.29, 1.82) is 0 Å². The van der Waals surface area contributed by atoms with E-state index in [1.54, 1.807) is 0 Å². The van der Waals surface area contributed by atoms with E-state index in [-0.39, 0.29) is 23.2 Å². The van der Waals surface area contributed by atoms with Gasteiger partial charge < -0.3 is 10.6 Å². The third-order valence-electron chi connectivity index (χ3n) is 4.65. The maximum absolute atomic E-state index is 13.1. The Kier molecular flexibility index (Phi) is 3.74. The van der Waals surface area contributed by atoms with E-state index in [0.717, 1.165) is 50.8 Å². The predicted molar refractivity (Wildman–Crippen MR) is 75.7 cm³/mol. The minimum atomic E-state index is -0.284. The van der Waals surface area contributed by atoms with Crippen LogP contribution in [0.1, 0.15) is 37.7 Å². The monoisotopic (exact) mass is 276 g/mol. The second-order valence-corrected chi connectivity index (χ2v) is 5.98. The Hall–Kier alpha value is -1.42. The number of hydrogen-bond donors (Lipinski definition) is 2. The molecule has 1 saturated heterocycles. The summed E-state index contributed by atoms with van der Waals surface area (Å²) in [7, 11) is 0. The third-order valence-corrected chi connectivity index (χ3v) is 4.65. The van der Waals surface area contributed by atoms with Crippen LogP contribution in [0.2, 0.25) is 0 Å². The lowest BCUT2D eigenvalue weighted by Crippen LogP contribution is -2.46. The molecule has 1 aliphatic heterocycles. The van der Waals surface area contributed by atoms with Gasteiger partial charge in [-0.15, -0.1) is 0 Å². The second kappa shape index (κ2) is 5.52. The number of halogens is 1. The van der Waals surface area contributed by atoms with Crippen molar-refractivity contribution in [3.8, 4) is 0 Å². The average Bonchev–Trinajstić information content (AvgIpc) is 3.10. The van der Waals surface area contributed by atoms with Gasteiger partial charge in [-0.25, -0.2) is 4.39 Å². The topological polar surface area (TPSA) is 41.1 Å². The van der Waals surface area contributed by atoms with Gasteiger partial charge in [0.2, 0.25) is 5.91 Å². The van der Waals surface area contributed by atoms with Gasteiger partial charge in [0.25, 0.3) is 0 Å². The van der Waals surface area contributed by atoms with Gasteiger partial charge in [-0.1, -0.05) is 25.0 Å². The van der Waals surface area contributed by atoms with E-state index in [9.17, 15) is 9.18 Å². The van der Waals surface area contributed by atoms with Crippen LogP contribution in [0.4, 0.5) is 4.39 Å². The van der Waals surface area contributed by atoms with Crippen molar-refractivity contribution in [2.24, 2.45) is 5.92 Å². The Morgan fingerprint density at radius 2 is 1.95 bits per heavy atom. The highest BCUT2D eigenvalue weighted by Gasteiger charge is 2.38. The van der Waals surface area contributed by atoms with Crippen molar-refractivity contribution >= 4 is 5.91 Å². The first-order chi connectivity index (χ1) is 9.70. The summed E-state index contributed by atoms with van der Waals surface area (Å²) in [6.45, 7) is 1.69. The average molecular weight is 276 g/mol. The lowest BCUT2D eigenvalue weighted by molar-refractivity contribution is -0.126. The molecular weight excluding hydrogens is 255 g/mol. The molecule has 1 aromatic carbocycles. The van der Waals surface area contributed by atoms with Crippen LogP contribution in [-0.4, -0.2) is 19.0 Å². The van der Waals surface area contributed by atoms with E-state index in [2.05, 4.69) is 10.6 Å². The Morgan fingerprint density at radius 3 is 2.55 bits per heavy atom. The first-order valence-corrected chi connectivity index (χ1v) is 7.48. The molecular formula is C16H21FN2O. The van der Waals surface area contributed by atoms with Gasteiger partial charge in [-0.2, -0.15) is 0 Å². The fourth-order valence-electron chi connectivity index (χ4n) is 3.45. The maximum atomic E-state index is 13.1. The molecule has 2 N–H and O–H groups in total. The second-order valence-electron chi connectivity index (χ2n) is 5.98. The van der Waals surface area contributed by atoms with Gasteiger partial charge >= 0.3 is 0 Å². The number of hydrogen-bond acceptors (Lipinski definition) is 2. The van der Waals surface area contributed by atoms with Crippen molar-refractivity contribution in [3.05, 3.63) is 35.6 Å². The summed E-state index contributed by atoms with van der Waals surface area (Å²) in [4.78, 5) is 12.4. The smallest absolute Gasteiger partial charge is 0.225 e. The van der Waals surface area contributed by atoms with Gasteiger partial charge in [0.1, 0.15) is 5.82 Å². The molecule has 1 aromatic rings. The molecule has 2 aliphatic rings. The fraction of sp³-hybridized carbons (Fsp3) is 0.562. The summed E-state index contributed by atoms with van der Waals surface area (Å²) in [6.07, 6.45) is 5.03. The fourth-order valence-corrected chi connectivity index (χ4v) is 3.45. The van der Waals surface area contributed by atoms with E-state index in [4.69, 9.17) is 0 Å². The van der Waals surface area contributed by atoms with E-state index in [0.29, 0.717) is 0 Å². The highest BCUT2D eigenvalue weighted by Crippen LogP contribution is 2.39. The lowest BCUT2D eigenvalue weighted by Gasteiger charge is -2.32. The molecule has 20 heavy (non-hydrogen) atoms. The van der Waals surface area contributed by atoms with Crippen LogP contribution in [-0.2, 0) is 10.3 Å². The molecule has 4 heteroatoms. The third kappa shape index (κ3) is 2.57. The van der Waals surface area contributed by atoms with Crippen molar-refractivity contribution in [3.63, 3.8) is 0 Å². The van der Waals surface area contributed by atoms with Crippen molar-refractivity contribution in [1.82, 2.24) is 10.6 Å². The minimum absolute atomic E-state index is 0.0768. The highest BCUT2D eigenvalue weighted by atomic mass is 19.1. The summed E-state index contributed by atoms with van der Waals surface area (Å²) in [6, 6.07) is 6.60. The number of carbonyl (C=O) groups excluding carboxylic acids is 1. The van der Waals surface area contributed by atoms with Gasteiger partial charge in [0.15, 0.2) is 0 Å². The zero-order valence-corrected chi connectivity index (χ0v) is 11.6. The van der Waals surface area contributed by atoms with Gasteiger partial charge in [-0.3, -0.25) is 4.79 Å². The number of nitrogens with one attached hydrogen (secondary N) is 2. The van der Waals surface area contributed by atoms with Crippen LogP contribution >= 0.6 is 0 Å². The predicted octanol–water partition coefficient (Wildman–Crippen LogP) is 2.32. The molecule has 2 fully saturated rings. The first-order valence-electron chi connectivity index (χ1n) is 7.48. The molecule has 1 unspecified atom stereocenters. The normalized spacial score (nSPS) is 24.8. The zero-order valence-electron chi connectivity index (χ0n) is 11.6. The van der Waals surface area contributed by atoms with Crippen LogP contribution in [0.15, 0.2) is 24.3 Å². The summed E-state index contributed by atoms with van der Waals surface area (Å²) in [5.41, 5.74) is 0.753. The van der Waals surface area contributed by atoms with E-state index in [1.807, 2.05) is 12.1 Å². The van der Waals surface area contributed by atoms with E-state index >= 15 is 0 Å². The Labute approximate surface area is 118 Å². The molecule has 108 valence electrons. The standard InChI is InChI=1S/C16H21FN2O/c17-14-5-3-13(4-6-14)16(8-1-2-9-16)19-15(20)12-7-10-18-11-12/h3-6,12,18H,1-2,7-11H2,(H,19,20). The van der Waals surface area contributed by atoms with Crippen LogP contribution < -0.4 is 10.6 Å². The van der Waals surface area contributed by atoms with E-state index in [1.165, 1.54) is 12.1 Å². The van der Waals surface area contributed by atoms with Crippen LogP contribution in [0, 0.1) is 11.7 Å². The summed E-state index contributed by atoms with van der Waals surface area (Å²) in [5.74, 6) is -0.0117.